The molecule has 2 fully saturated rings. The molecule has 0 aromatic heterocycles. The Kier molecular flexibility index (Phi) is 4.68. The molecule has 2 heterocycles. The van der Waals surface area contributed by atoms with Crippen molar-refractivity contribution in [3.05, 3.63) is 94.5 Å². The number of carbonyl (C=O) groups excluding carboxylic acids is 2. The molecule has 0 spiro atoms. The molecule has 0 saturated carbocycles. The number of aryl methyl sites for hydroxylation is 1. The number of carbonyl (C=O) groups is 2. The number of rotatable bonds is 3. The normalized spacial score (nSPS) is 23.2. The Bertz CT molecular complexity index is 1100. The summed E-state index contributed by atoms with van der Waals surface area (Å²) in [6.45, 7) is 2.02. The highest BCUT2D eigenvalue weighted by Gasteiger charge is 2.60. The molecule has 30 heavy (non-hydrogen) atoms. The van der Waals surface area contributed by atoms with E-state index in [1.54, 1.807) is 17.2 Å². The quantitative estimate of drug-likeness (QED) is 0.524. The Hall–Kier alpha value is -2.96. The lowest BCUT2D eigenvalue weighted by atomic mass is 9.90. The van der Waals surface area contributed by atoms with Crippen molar-refractivity contribution in [2.45, 2.75) is 19.1 Å². The predicted octanol–water partition coefficient (Wildman–Crippen LogP) is 4.81. The number of anilines is 2. The van der Waals surface area contributed by atoms with E-state index in [0.717, 1.165) is 21.3 Å². The molecule has 0 unspecified atom stereocenters. The molecule has 150 valence electrons. The summed E-state index contributed by atoms with van der Waals surface area (Å²) in [4.78, 5) is 34.1. The predicted molar refractivity (Wildman–Crippen MR) is 118 cm³/mol. The minimum Gasteiger partial charge on any atom is -0.273 e. The molecule has 3 aromatic rings. The molecule has 5 nitrogen and oxygen atoms in total. The number of hydroxylamine groups is 1. The van der Waals surface area contributed by atoms with Crippen LogP contribution in [-0.2, 0) is 14.4 Å². The maximum Gasteiger partial charge on any atom is 0.266 e. The van der Waals surface area contributed by atoms with Crippen LogP contribution in [0.15, 0.2) is 83.3 Å². The van der Waals surface area contributed by atoms with Gasteiger partial charge in [0.25, 0.3) is 5.91 Å². The van der Waals surface area contributed by atoms with Crippen LogP contribution in [0.1, 0.15) is 17.2 Å². The van der Waals surface area contributed by atoms with Crippen LogP contribution in [0.25, 0.3) is 0 Å². The molecule has 2 aliphatic heterocycles. The van der Waals surface area contributed by atoms with Crippen LogP contribution in [0.5, 0.6) is 0 Å². The summed E-state index contributed by atoms with van der Waals surface area (Å²) >= 11 is 3.39. The average Bonchev–Trinajstić information content (AvgIpc) is 3.27. The van der Waals surface area contributed by atoms with Crippen molar-refractivity contribution in [2.24, 2.45) is 5.92 Å². The highest BCUT2D eigenvalue weighted by molar-refractivity contribution is 9.10. The number of nitrogens with zero attached hydrogens (tertiary/aromatic N) is 2. The number of hydrogen-bond donors (Lipinski definition) is 0. The number of imide groups is 1. The van der Waals surface area contributed by atoms with Crippen molar-refractivity contribution in [3.8, 4) is 0 Å². The molecular formula is C24H19BrN2O3. The summed E-state index contributed by atoms with van der Waals surface area (Å²) in [5.41, 5.74) is 3.44. The van der Waals surface area contributed by atoms with E-state index in [4.69, 9.17) is 4.84 Å². The maximum absolute atomic E-state index is 13.5. The fourth-order valence-electron chi connectivity index (χ4n) is 4.16. The fourth-order valence-corrected chi connectivity index (χ4v) is 4.42. The Balaban J connectivity index is 1.58. The summed E-state index contributed by atoms with van der Waals surface area (Å²) < 4.78 is 0.884. The molecule has 0 radical (unpaired) electrons. The fraction of sp³-hybridized carbons (Fsp3) is 0.167. The first-order valence-corrected chi connectivity index (χ1v) is 10.5. The summed E-state index contributed by atoms with van der Waals surface area (Å²) in [5, 5.41) is 1.72. The van der Waals surface area contributed by atoms with Crippen LogP contribution in [0.3, 0.4) is 0 Å². The molecule has 2 aliphatic rings. The smallest absolute Gasteiger partial charge is 0.266 e. The van der Waals surface area contributed by atoms with Gasteiger partial charge in [0.15, 0.2) is 6.10 Å². The van der Waals surface area contributed by atoms with Crippen LogP contribution in [0.2, 0.25) is 0 Å². The minimum atomic E-state index is -0.854. The van der Waals surface area contributed by atoms with E-state index in [1.807, 2.05) is 73.7 Å². The first-order chi connectivity index (χ1) is 14.5. The highest BCUT2D eigenvalue weighted by atomic mass is 79.9. The molecular weight excluding hydrogens is 444 g/mol. The average molecular weight is 463 g/mol. The van der Waals surface area contributed by atoms with Crippen LogP contribution < -0.4 is 9.96 Å². The third-order valence-corrected chi connectivity index (χ3v) is 6.16. The molecule has 3 atom stereocenters. The summed E-state index contributed by atoms with van der Waals surface area (Å²) in [7, 11) is 0. The van der Waals surface area contributed by atoms with Crippen molar-refractivity contribution >= 4 is 39.1 Å². The molecule has 0 N–H and O–H groups in total. The Morgan fingerprint density at radius 2 is 1.47 bits per heavy atom. The van der Waals surface area contributed by atoms with Gasteiger partial charge in [-0.3, -0.25) is 14.4 Å². The van der Waals surface area contributed by atoms with Crippen LogP contribution in [0, 0.1) is 12.8 Å². The Morgan fingerprint density at radius 3 is 2.13 bits per heavy atom. The van der Waals surface area contributed by atoms with Crippen molar-refractivity contribution < 1.29 is 14.4 Å². The monoisotopic (exact) mass is 462 g/mol. The SMILES string of the molecule is Cc1ccc([C@@H]2[C@H]3C(=O)N(c4ccc(Br)cc4)C(=O)[C@H]3ON2c2ccccc2)cc1. The largest absolute Gasteiger partial charge is 0.273 e. The zero-order chi connectivity index (χ0) is 20.8. The first kappa shape index (κ1) is 19.0. The first-order valence-electron chi connectivity index (χ1n) is 9.75. The van der Waals surface area contributed by atoms with E-state index < -0.39 is 18.1 Å². The molecule has 2 amide bonds. The van der Waals surface area contributed by atoms with Gasteiger partial charge < -0.3 is 0 Å². The topological polar surface area (TPSA) is 49.9 Å². The second kappa shape index (κ2) is 7.38. The van der Waals surface area contributed by atoms with Crippen molar-refractivity contribution in [3.63, 3.8) is 0 Å². The zero-order valence-corrected chi connectivity index (χ0v) is 17.8. The minimum absolute atomic E-state index is 0.240. The third-order valence-electron chi connectivity index (χ3n) is 5.63. The van der Waals surface area contributed by atoms with Crippen LogP contribution in [-0.4, -0.2) is 17.9 Å². The van der Waals surface area contributed by atoms with E-state index in [1.165, 1.54) is 4.90 Å². The molecule has 0 aliphatic carbocycles. The van der Waals surface area contributed by atoms with E-state index in [0.29, 0.717) is 5.69 Å². The van der Waals surface area contributed by atoms with Gasteiger partial charge >= 0.3 is 0 Å². The molecule has 5 rings (SSSR count). The number of amides is 2. The molecule has 0 bridgehead atoms. The van der Waals surface area contributed by atoms with Crippen LogP contribution in [0.4, 0.5) is 11.4 Å². The van der Waals surface area contributed by atoms with E-state index >= 15 is 0 Å². The van der Waals surface area contributed by atoms with Crippen LogP contribution >= 0.6 is 15.9 Å². The highest BCUT2D eigenvalue weighted by Crippen LogP contribution is 2.47. The lowest BCUT2D eigenvalue weighted by molar-refractivity contribution is -0.126. The molecule has 3 aromatic carbocycles. The second-order valence-corrected chi connectivity index (χ2v) is 8.47. The summed E-state index contributed by atoms with van der Waals surface area (Å²) in [6.07, 6.45) is -0.854. The Labute approximate surface area is 183 Å². The number of para-hydroxylation sites is 1. The van der Waals surface area contributed by atoms with Gasteiger partial charge in [-0.25, -0.2) is 9.96 Å². The van der Waals surface area contributed by atoms with Gasteiger partial charge in [-0.15, -0.1) is 0 Å². The lowest BCUT2D eigenvalue weighted by Crippen LogP contribution is -2.37. The van der Waals surface area contributed by atoms with Gasteiger partial charge in [0, 0.05) is 4.47 Å². The molecule has 6 heteroatoms. The van der Waals surface area contributed by atoms with Gasteiger partial charge in [-0.05, 0) is 48.9 Å². The van der Waals surface area contributed by atoms with Crippen molar-refractivity contribution in [2.75, 3.05) is 9.96 Å². The standard InChI is InChI=1S/C24H19BrN2O3/c1-15-7-9-16(10-8-15)21-20-22(30-27(21)19-5-3-2-4-6-19)24(29)26(23(20)28)18-13-11-17(25)12-14-18/h2-14,20-22H,1H3/t20-,21-,22+/m1/s1. The van der Waals surface area contributed by atoms with Gasteiger partial charge in [0.2, 0.25) is 5.91 Å². The van der Waals surface area contributed by atoms with E-state index in [2.05, 4.69) is 15.9 Å². The summed E-state index contributed by atoms with van der Waals surface area (Å²) in [6, 6.07) is 24.4. The number of halogens is 1. The third kappa shape index (κ3) is 3.04. The van der Waals surface area contributed by atoms with Gasteiger partial charge in [0.1, 0.15) is 5.92 Å². The number of fused-ring (bicyclic) bond motifs is 1. The van der Waals surface area contributed by atoms with Gasteiger partial charge in [-0.1, -0.05) is 64.0 Å². The maximum atomic E-state index is 13.5. The van der Waals surface area contributed by atoms with E-state index in [9.17, 15) is 9.59 Å². The summed E-state index contributed by atoms with van der Waals surface area (Å²) in [5.74, 6) is -1.19. The van der Waals surface area contributed by atoms with Crippen molar-refractivity contribution in [1.29, 1.82) is 0 Å². The Morgan fingerprint density at radius 1 is 0.800 bits per heavy atom. The second-order valence-electron chi connectivity index (χ2n) is 7.56. The van der Waals surface area contributed by atoms with Gasteiger partial charge in [-0.2, -0.15) is 0 Å². The number of hydrogen-bond acceptors (Lipinski definition) is 4. The van der Waals surface area contributed by atoms with Crippen molar-refractivity contribution in [1.82, 2.24) is 0 Å². The zero-order valence-electron chi connectivity index (χ0n) is 16.2. The lowest BCUT2D eigenvalue weighted by Gasteiger charge is -2.28. The van der Waals surface area contributed by atoms with Gasteiger partial charge in [0.05, 0.1) is 17.4 Å². The van der Waals surface area contributed by atoms with E-state index in [-0.39, 0.29) is 11.8 Å². The molecule has 2 saturated heterocycles. The number of benzene rings is 3.